The van der Waals surface area contributed by atoms with Crippen molar-refractivity contribution in [2.75, 3.05) is 21.3 Å². The average molecular weight is 487 g/mol. The van der Waals surface area contributed by atoms with Gasteiger partial charge in [0.15, 0.2) is 0 Å². The molecule has 1 rings (SSSR count). The Hall–Kier alpha value is 0.474. The molecular formula is C15H38O8Si5. The molecule has 0 aromatic rings. The lowest BCUT2D eigenvalue weighted by Crippen LogP contribution is -2.57. The van der Waals surface area contributed by atoms with Gasteiger partial charge in [-0.25, -0.2) is 0 Å². The van der Waals surface area contributed by atoms with Gasteiger partial charge in [-0.15, -0.1) is 0 Å². The molecule has 1 aliphatic heterocycles. The molecule has 8 nitrogen and oxygen atoms in total. The minimum Gasteiger partial charge on any atom is -0.418 e. The molecule has 0 aromatic heterocycles. The maximum Gasteiger partial charge on any atom is 0.500 e. The fourth-order valence-corrected chi connectivity index (χ4v) is 22.2. The van der Waals surface area contributed by atoms with Gasteiger partial charge >= 0.3 is 44.5 Å². The molecule has 1 heterocycles. The second kappa shape index (κ2) is 11.2. The molecule has 28 heavy (non-hydrogen) atoms. The van der Waals surface area contributed by atoms with Crippen LogP contribution in [0.3, 0.4) is 0 Å². The van der Waals surface area contributed by atoms with Crippen molar-refractivity contribution >= 4 is 50.3 Å². The Balaban J connectivity index is 2.63. The molecule has 1 aliphatic rings. The van der Waals surface area contributed by atoms with Crippen molar-refractivity contribution in [1.82, 2.24) is 0 Å². The smallest absolute Gasteiger partial charge is 0.418 e. The Morgan fingerprint density at radius 2 is 1.43 bits per heavy atom. The Bertz CT molecular complexity index is 481. The van der Waals surface area contributed by atoms with Crippen LogP contribution in [0, 0.1) is 5.92 Å². The third-order valence-corrected chi connectivity index (χ3v) is 22.8. The summed E-state index contributed by atoms with van der Waals surface area (Å²) in [6, 6.07) is 1.24. The van der Waals surface area contributed by atoms with E-state index in [-0.39, 0.29) is 11.7 Å². The van der Waals surface area contributed by atoms with Crippen LogP contribution in [0.2, 0.25) is 44.8 Å². The fourth-order valence-electron chi connectivity index (χ4n) is 3.65. The first-order valence-electron chi connectivity index (χ1n) is 9.79. The van der Waals surface area contributed by atoms with E-state index in [1.807, 2.05) is 39.7 Å². The van der Waals surface area contributed by atoms with E-state index >= 15 is 0 Å². The van der Waals surface area contributed by atoms with Crippen LogP contribution in [0.25, 0.3) is 0 Å². The van der Waals surface area contributed by atoms with E-state index in [0.29, 0.717) is 24.9 Å². The standard InChI is InChI=1S/C15H38O8Si5/c1-14(15(16)11-10-12-28(17-2,18-3)19-4)13-27(9)22-24(5)20-26(7,8)21-25(6)23-27/h14,24-25H,10-13H2,1-9H3. The molecule has 0 aromatic carbocycles. The van der Waals surface area contributed by atoms with Crippen LogP contribution in [0.1, 0.15) is 19.8 Å². The van der Waals surface area contributed by atoms with E-state index in [2.05, 4.69) is 0 Å². The first-order chi connectivity index (χ1) is 12.9. The van der Waals surface area contributed by atoms with Crippen molar-refractivity contribution in [2.24, 2.45) is 5.92 Å². The molecule has 13 heteroatoms. The molecule has 0 bridgehead atoms. The maximum absolute atomic E-state index is 12.7. The van der Waals surface area contributed by atoms with Gasteiger partial charge in [-0.3, -0.25) is 4.79 Å². The highest BCUT2D eigenvalue weighted by atomic mass is 28.5. The van der Waals surface area contributed by atoms with Gasteiger partial charge in [0.25, 0.3) is 0 Å². The summed E-state index contributed by atoms with van der Waals surface area (Å²) in [6.07, 6.45) is 1.14. The van der Waals surface area contributed by atoms with Crippen molar-refractivity contribution in [2.45, 2.75) is 64.6 Å². The van der Waals surface area contributed by atoms with E-state index in [1.54, 1.807) is 21.3 Å². The average Bonchev–Trinajstić information content (AvgIpc) is 2.56. The summed E-state index contributed by atoms with van der Waals surface area (Å²) in [5.41, 5.74) is 0. The van der Waals surface area contributed by atoms with Gasteiger partial charge in [-0.1, -0.05) is 6.92 Å². The summed E-state index contributed by atoms with van der Waals surface area (Å²) in [7, 11) is -6.27. The van der Waals surface area contributed by atoms with Crippen LogP contribution >= 0.6 is 0 Å². The fraction of sp³-hybridized carbons (Fsp3) is 0.933. The number of Topliss-reactive ketones (excluding diaryl/α,β-unsaturated/α-hetero) is 1. The van der Waals surface area contributed by atoms with Crippen LogP contribution in [0.5, 0.6) is 0 Å². The molecule has 1 saturated heterocycles. The largest absolute Gasteiger partial charge is 0.500 e. The van der Waals surface area contributed by atoms with Crippen molar-refractivity contribution in [3.63, 3.8) is 0 Å². The summed E-state index contributed by atoms with van der Waals surface area (Å²) < 4.78 is 41.2. The number of carbonyl (C=O) groups is 1. The Morgan fingerprint density at radius 3 is 1.86 bits per heavy atom. The van der Waals surface area contributed by atoms with Gasteiger partial charge in [-0.2, -0.15) is 0 Å². The molecule has 0 N–H and O–H groups in total. The van der Waals surface area contributed by atoms with Crippen LogP contribution in [0.4, 0.5) is 0 Å². The molecule has 0 radical (unpaired) electrons. The quantitative estimate of drug-likeness (QED) is 0.435. The molecule has 0 amide bonds. The normalized spacial score (nSPS) is 29.8. The highest BCUT2D eigenvalue weighted by molar-refractivity contribution is 6.85. The number of hydrogen-bond acceptors (Lipinski definition) is 8. The van der Waals surface area contributed by atoms with E-state index in [9.17, 15) is 4.79 Å². The van der Waals surface area contributed by atoms with Gasteiger partial charge in [0.2, 0.25) is 0 Å². The Morgan fingerprint density at radius 1 is 0.964 bits per heavy atom. The van der Waals surface area contributed by atoms with Crippen LogP contribution in [-0.4, -0.2) is 71.6 Å². The molecular weight excluding hydrogens is 449 g/mol. The summed E-state index contributed by atoms with van der Waals surface area (Å²) in [6.45, 7) is 12.1. The van der Waals surface area contributed by atoms with Gasteiger partial charge in [0, 0.05) is 39.7 Å². The topological polar surface area (TPSA) is 81.7 Å². The third kappa shape index (κ3) is 8.31. The highest BCUT2D eigenvalue weighted by Gasteiger charge is 2.44. The first kappa shape index (κ1) is 26.5. The second-order valence-electron chi connectivity index (χ2n) is 7.86. The molecule has 3 atom stereocenters. The number of ketones is 1. The summed E-state index contributed by atoms with van der Waals surface area (Å²) in [5, 5.41) is 0. The lowest BCUT2D eigenvalue weighted by atomic mass is 10.1. The third-order valence-electron chi connectivity index (χ3n) is 4.80. The van der Waals surface area contributed by atoms with Crippen LogP contribution in [-0.2, 0) is 34.5 Å². The van der Waals surface area contributed by atoms with E-state index in [0.717, 1.165) is 0 Å². The van der Waals surface area contributed by atoms with E-state index in [4.69, 9.17) is 29.7 Å². The molecule has 1 fully saturated rings. The van der Waals surface area contributed by atoms with Gasteiger partial charge in [0.1, 0.15) is 5.78 Å². The number of carbonyl (C=O) groups excluding carboxylic acids is 1. The van der Waals surface area contributed by atoms with Crippen LogP contribution < -0.4 is 0 Å². The van der Waals surface area contributed by atoms with Crippen LogP contribution in [0.15, 0.2) is 0 Å². The number of rotatable bonds is 10. The Labute approximate surface area is 176 Å². The summed E-state index contributed by atoms with van der Waals surface area (Å²) in [5.74, 6) is 0.0711. The van der Waals surface area contributed by atoms with E-state index in [1.165, 1.54) is 0 Å². The molecule has 166 valence electrons. The first-order valence-corrected chi connectivity index (χ1v) is 21.3. The minimum absolute atomic E-state index is 0.132. The molecule has 0 saturated carbocycles. The zero-order valence-electron chi connectivity index (χ0n) is 18.8. The van der Waals surface area contributed by atoms with Gasteiger partial charge in [-0.05, 0) is 45.2 Å². The zero-order valence-corrected chi connectivity index (χ0v) is 24.1. The SMILES string of the molecule is CO[Si](CCCC(=O)C(C)C[Si]1(C)O[SiH](C)O[Si](C)(C)O[SiH](C)O1)(OC)OC. The van der Waals surface area contributed by atoms with E-state index < -0.39 is 44.5 Å². The zero-order chi connectivity index (χ0) is 21.6. The van der Waals surface area contributed by atoms with Gasteiger partial charge < -0.3 is 29.7 Å². The molecule has 0 spiro atoms. The predicted octanol–water partition coefficient (Wildman–Crippen LogP) is 2.40. The summed E-state index contributed by atoms with van der Waals surface area (Å²) >= 11 is 0. The molecule has 3 unspecified atom stereocenters. The summed E-state index contributed by atoms with van der Waals surface area (Å²) in [4.78, 5) is 12.7. The highest BCUT2D eigenvalue weighted by Crippen LogP contribution is 2.28. The van der Waals surface area contributed by atoms with Gasteiger partial charge in [0.05, 0.1) is 0 Å². The molecule has 0 aliphatic carbocycles. The lowest BCUT2D eigenvalue weighted by Gasteiger charge is -2.41. The minimum atomic E-state index is -2.63. The second-order valence-corrected chi connectivity index (χ2v) is 22.5. The monoisotopic (exact) mass is 486 g/mol. The Kier molecular flexibility index (Phi) is 10.6. The lowest BCUT2D eigenvalue weighted by molar-refractivity contribution is -0.122. The predicted molar refractivity (Wildman–Crippen MR) is 119 cm³/mol. The number of hydrogen-bond donors (Lipinski definition) is 0. The maximum atomic E-state index is 12.7. The van der Waals surface area contributed by atoms with Crippen molar-refractivity contribution in [3.05, 3.63) is 0 Å². The van der Waals surface area contributed by atoms with Crippen molar-refractivity contribution in [3.8, 4) is 0 Å². The van der Waals surface area contributed by atoms with Crippen molar-refractivity contribution in [1.29, 1.82) is 0 Å². The van der Waals surface area contributed by atoms with Crippen molar-refractivity contribution < 1.29 is 34.5 Å².